The van der Waals surface area contributed by atoms with Gasteiger partial charge in [0.15, 0.2) is 0 Å². The molecule has 0 spiro atoms. The van der Waals surface area contributed by atoms with Gasteiger partial charge in [0.05, 0.1) is 22.1 Å². The molecule has 50 heavy (non-hydrogen) atoms. The molecule has 10 aromatic rings. The second-order valence-electron chi connectivity index (χ2n) is 13.0. The minimum absolute atomic E-state index is 1.15. The summed E-state index contributed by atoms with van der Waals surface area (Å²) in [5, 5.41) is 5.04. The average Bonchev–Trinajstić information content (AvgIpc) is 3.72. The number of hydrogen-bond acceptors (Lipinski definition) is 0. The lowest BCUT2D eigenvalue weighted by molar-refractivity contribution is 1.18. The Morgan fingerprint density at radius 1 is 0.260 bits per heavy atom. The summed E-state index contributed by atoms with van der Waals surface area (Å²) in [5.74, 6) is 0. The highest BCUT2D eigenvalue weighted by Gasteiger charge is 2.18. The van der Waals surface area contributed by atoms with Gasteiger partial charge in [-0.15, -0.1) is 0 Å². The minimum Gasteiger partial charge on any atom is -0.309 e. The van der Waals surface area contributed by atoms with Crippen LogP contribution in [0, 0.1) is 0 Å². The van der Waals surface area contributed by atoms with E-state index in [1.54, 1.807) is 0 Å². The van der Waals surface area contributed by atoms with Gasteiger partial charge in [-0.3, -0.25) is 0 Å². The van der Waals surface area contributed by atoms with Gasteiger partial charge in [0.2, 0.25) is 0 Å². The van der Waals surface area contributed by atoms with Gasteiger partial charge in [-0.2, -0.15) is 0 Å². The first-order chi connectivity index (χ1) is 24.8. The van der Waals surface area contributed by atoms with Crippen LogP contribution >= 0.6 is 0 Å². The summed E-state index contributed by atoms with van der Waals surface area (Å²) in [4.78, 5) is 0. The number of hydrogen-bond donors (Lipinski definition) is 0. The van der Waals surface area contributed by atoms with E-state index in [0.29, 0.717) is 0 Å². The quantitative estimate of drug-likeness (QED) is 0.178. The van der Waals surface area contributed by atoms with Crippen molar-refractivity contribution < 1.29 is 0 Å². The first kappa shape index (κ1) is 28.4. The number of rotatable bonds is 5. The highest BCUT2D eigenvalue weighted by Crippen LogP contribution is 2.41. The molecule has 0 saturated heterocycles. The lowest BCUT2D eigenvalue weighted by Gasteiger charge is -2.14. The van der Waals surface area contributed by atoms with Crippen LogP contribution < -0.4 is 0 Å². The molecule has 0 saturated carbocycles. The average molecular weight is 637 g/mol. The van der Waals surface area contributed by atoms with Gasteiger partial charge in [0, 0.05) is 32.9 Å². The Hall–Kier alpha value is -6.64. The molecule has 0 aliphatic heterocycles. The molecular formula is C48H32N2. The second-order valence-corrected chi connectivity index (χ2v) is 13.0. The highest BCUT2D eigenvalue weighted by atomic mass is 15.0. The molecule has 0 aliphatic rings. The van der Waals surface area contributed by atoms with Crippen molar-refractivity contribution in [3.05, 3.63) is 194 Å². The van der Waals surface area contributed by atoms with Crippen LogP contribution in [0.1, 0.15) is 0 Å². The summed E-state index contributed by atoms with van der Waals surface area (Å²) in [6, 6.07) is 70.4. The lowest BCUT2D eigenvalue weighted by atomic mass is 9.97. The molecular weight excluding hydrogens is 605 g/mol. The summed E-state index contributed by atoms with van der Waals surface area (Å²) >= 11 is 0. The van der Waals surface area contributed by atoms with Crippen molar-refractivity contribution in [2.45, 2.75) is 0 Å². The third-order valence-corrected chi connectivity index (χ3v) is 10.1. The maximum absolute atomic E-state index is 2.45. The summed E-state index contributed by atoms with van der Waals surface area (Å²) in [6.07, 6.45) is 0. The van der Waals surface area contributed by atoms with Crippen LogP contribution in [-0.4, -0.2) is 9.13 Å². The van der Waals surface area contributed by atoms with E-state index in [2.05, 4.69) is 203 Å². The third kappa shape index (κ3) is 4.50. The van der Waals surface area contributed by atoms with Gasteiger partial charge >= 0.3 is 0 Å². The maximum atomic E-state index is 2.45. The topological polar surface area (TPSA) is 9.86 Å². The monoisotopic (exact) mass is 636 g/mol. The molecule has 234 valence electrons. The zero-order chi connectivity index (χ0) is 33.0. The van der Waals surface area contributed by atoms with E-state index in [1.165, 1.54) is 77.0 Å². The number of benzene rings is 8. The Kier molecular flexibility index (Phi) is 6.53. The number of nitrogens with zero attached hydrogens (tertiary/aromatic N) is 2. The van der Waals surface area contributed by atoms with E-state index in [9.17, 15) is 0 Å². The van der Waals surface area contributed by atoms with Crippen molar-refractivity contribution in [1.29, 1.82) is 0 Å². The van der Waals surface area contributed by atoms with Crippen molar-refractivity contribution in [2.75, 3.05) is 0 Å². The zero-order valence-corrected chi connectivity index (χ0v) is 27.4. The standard InChI is InChI=1S/C48H32N2/c1-3-15-33(16-4-1)36-29-37(34-17-5-2-6-18-34)32-39(31-36)50-46-27-12-9-23-43(46)48-40(24-14-28-47(48)50)35-19-13-20-38(30-35)49-44-25-10-7-21-41(44)42-22-8-11-26-45(42)49/h1-32H. The van der Waals surface area contributed by atoms with E-state index in [0.717, 1.165) is 11.4 Å². The fourth-order valence-electron chi connectivity index (χ4n) is 7.89. The molecule has 0 fully saturated rings. The van der Waals surface area contributed by atoms with Gasteiger partial charge in [-0.25, -0.2) is 0 Å². The van der Waals surface area contributed by atoms with E-state index < -0.39 is 0 Å². The predicted molar refractivity (Wildman–Crippen MR) is 211 cm³/mol. The van der Waals surface area contributed by atoms with Gasteiger partial charge in [-0.05, 0) is 88.0 Å². The molecule has 2 heteroatoms. The fourth-order valence-corrected chi connectivity index (χ4v) is 7.89. The normalized spacial score (nSPS) is 11.6. The highest BCUT2D eigenvalue weighted by molar-refractivity contribution is 6.16. The molecule has 8 aromatic carbocycles. The van der Waals surface area contributed by atoms with Gasteiger partial charge < -0.3 is 9.13 Å². The van der Waals surface area contributed by atoms with Crippen molar-refractivity contribution in [2.24, 2.45) is 0 Å². The van der Waals surface area contributed by atoms with Crippen molar-refractivity contribution in [1.82, 2.24) is 9.13 Å². The van der Waals surface area contributed by atoms with E-state index in [-0.39, 0.29) is 0 Å². The molecule has 0 atom stereocenters. The summed E-state index contributed by atoms with van der Waals surface area (Å²) in [5.41, 5.74) is 14.3. The summed E-state index contributed by atoms with van der Waals surface area (Å²) in [7, 11) is 0. The predicted octanol–water partition coefficient (Wildman–Crippen LogP) is 12.9. The maximum Gasteiger partial charge on any atom is 0.0547 e. The van der Waals surface area contributed by atoms with Crippen LogP contribution in [0.2, 0.25) is 0 Å². The Labute approximate surface area is 290 Å². The van der Waals surface area contributed by atoms with Gasteiger partial charge in [0.1, 0.15) is 0 Å². The molecule has 0 aliphatic carbocycles. The van der Waals surface area contributed by atoms with E-state index in [4.69, 9.17) is 0 Å². The largest absolute Gasteiger partial charge is 0.309 e. The second kappa shape index (κ2) is 11.5. The first-order valence-electron chi connectivity index (χ1n) is 17.2. The van der Waals surface area contributed by atoms with Gasteiger partial charge in [-0.1, -0.05) is 140 Å². The molecule has 0 N–H and O–H groups in total. The molecule has 2 aromatic heterocycles. The molecule has 2 heterocycles. The van der Waals surface area contributed by atoms with Crippen LogP contribution in [0.4, 0.5) is 0 Å². The van der Waals surface area contributed by atoms with Crippen LogP contribution in [-0.2, 0) is 0 Å². The van der Waals surface area contributed by atoms with Gasteiger partial charge in [0.25, 0.3) is 0 Å². The van der Waals surface area contributed by atoms with Crippen LogP contribution in [0.5, 0.6) is 0 Å². The molecule has 0 amide bonds. The Balaban J connectivity index is 1.21. The van der Waals surface area contributed by atoms with Crippen molar-refractivity contribution in [3.8, 4) is 44.8 Å². The minimum atomic E-state index is 1.15. The third-order valence-electron chi connectivity index (χ3n) is 10.1. The Morgan fingerprint density at radius 2 is 0.700 bits per heavy atom. The molecule has 0 unspecified atom stereocenters. The van der Waals surface area contributed by atoms with Crippen LogP contribution in [0.15, 0.2) is 194 Å². The zero-order valence-electron chi connectivity index (χ0n) is 27.4. The Bertz CT molecular complexity index is 2740. The van der Waals surface area contributed by atoms with Crippen molar-refractivity contribution >= 4 is 43.6 Å². The molecule has 2 nitrogen and oxygen atoms in total. The van der Waals surface area contributed by atoms with Crippen LogP contribution in [0.3, 0.4) is 0 Å². The number of fused-ring (bicyclic) bond motifs is 6. The molecule has 0 radical (unpaired) electrons. The van der Waals surface area contributed by atoms with E-state index in [1.807, 2.05) is 0 Å². The Morgan fingerprint density at radius 3 is 1.32 bits per heavy atom. The van der Waals surface area contributed by atoms with Crippen LogP contribution in [0.25, 0.3) is 88.4 Å². The fraction of sp³-hybridized carbons (Fsp3) is 0. The summed E-state index contributed by atoms with van der Waals surface area (Å²) < 4.78 is 4.85. The van der Waals surface area contributed by atoms with E-state index >= 15 is 0 Å². The van der Waals surface area contributed by atoms with Crippen molar-refractivity contribution in [3.63, 3.8) is 0 Å². The summed E-state index contributed by atoms with van der Waals surface area (Å²) in [6.45, 7) is 0. The smallest absolute Gasteiger partial charge is 0.0547 e. The lowest BCUT2D eigenvalue weighted by Crippen LogP contribution is -1.96. The first-order valence-corrected chi connectivity index (χ1v) is 17.2. The molecule has 10 rings (SSSR count). The molecule has 0 bridgehead atoms. The number of para-hydroxylation sites is 3. The number of aromatic nitrogens is 2. The SMILES string of the molecule is c1ccc(-c2cc(-c3ccccc3)cc(-n3c4ccccc4c4c(-c5cccc(-n6c7ccccc7c7ccccc76)c5)cccc43)c2)cc1.